The first kappa shape index (κ1) is 26.7. The second-order valence-corrected chi connectivity index (χ2v) is 11.2. The lowest BCUT2D eigenvalue weighted by Gasteiger charge is -2.29. The minimum Gasteiger partial charge on any atom is -0.457 e. The van der Waals surface area contributed by atoms with Crippen LogP contribution >= 0.6 is 11.3 Å². The Morgan fingerprint density at radius 3 is 2.59 bits per heavy atom. The van der Waals surface area contributed by atoms with Crippen LogP contribution in [0.5, 0.6) is 11.5 Å². The van der Waals surface area contributed by atoms with Crippen molar-refractivity contribution >= 4 is 56.5 Å². The van der Waals surface area contributed by atoms with Gasteiger partial charge in [0, 0.05) is 18.3 Å². The van der Waals surface area contributed by atoms with Gasteiger partial charge >= 0.3 is 6.03 Å². The number of urea groups is 1. The Bertz CT molecular complexity index is 1640. The van der Waals surface area contributed by atoms with Crippen LogP contribution in [-0.4, -0.2) is 48.5 Å². The quantitative estimate of drug-likeness (QED) is 0.235. The zero-order chi connectivity index (χ0) is 28.5. The average molecular weight is 571 g/mol. The molecule has 2 aromatic carbocycles. The Kier molecular flexibility index (Phi) is 7.29. The summed E-state index contributed by atoms with van der Waals surface area (Å²) in [6.45, 7) is 2.14. The fourth-order valence-corrected chi connectivity index (χ4v) is 6.53. The number of pyridine rings is 1. The molecule has 2 aliphatic rings. The van der Waals surface area contributed by atoms with E-state index in [1.807, 2.05) is 55.5 Å². The van der Waals surface area contributed by atoms with Crippen molar-refractivity contribution in [3.63, 3.8) is 0 Å². The summed E-state index contributed by atoms with van der Waals surface area (Å²) in [7, 11) is 1.72. The van der Waals surface area contributed by atoms with Crippen LogP contribution in [-0.2, 0) is 4.79 Å². The first-order chi connectivity index (χ1) is 19.9. The molecule has 0 bridgehead atoms. The summed E-state index contributed by atoms with van der Waals surface area (Å²) in [6.07, 6.45) is 4.12. The molecule has 0 radical (unpaired) electrons. The molecule has 10 nitrogen and oxygen atoms in total. The highest BCUT2D eigenvalue weighted by Gasteiger charge is 2.35. The van der Waals surface area contributed by atoms with Gasteiger partial charge in [-0.15, -0.1) is 11.3 Å². The number of aryl methyl sites for hydroxylation is 1. The number of thiophene rings is 1. The van der Waals surface area contributed by atoms with Crippen molar-refractivity contribution in [1.29, 1.82) is 0 Å². The Labute approximate surface area is 241 Å². The van der Waals surface area contributed by atoms with E-state index in [0.717, 1.165) is 36.0 Å². The molecule has 2 atom stereocenters. The monoisotopic (exact) mass is 570 g/mol. The third-order valence-electron chi connectivity index (χ3n) is 7.36. The molecule has 0 unspecified atom stereocenters. The van der Waals surface area contributed by atoms with Crippen LogP contribution in [0.4, 0.5) is 21.9 Å². The van der Waals surface area contributed by atoms with Crippen molar-refractivity contribution in [2.75, 3.05) is 23.8 Å². The Morgan fingerprint density at radius 1 is 1.05 bits per heavy atom. The first-order valence-electron chi connectivity index (χ1n) is 13.5. The molecule has 11 heteroatoms. The van der Waals surface area contributed by atoms with E-state index >= 15 is 0 Å². The Morgan fingerprint density at radius 2 is 1.83 bits per heavy atom. The summed E-state index contributed by atoms with van der Waals surface area (Å²) in [4.78, 5) is 46.4. The molecule has 4 N–H and O–H groups in total. The number of nitrogens with one attached hydrogen (secondary N) is 4. The summed E-state index contributed by atoms with van der Waals surface area (Å²) in [6, 6.07) is 16.2. The number of amides is 4. The van der Waals surface area contributed by atoms with Gasteiger partial charge in [0.1, 0.15) is 21.2 Å². The predicted octanol–water partition coefficient (Wildman–Crippen LogP) is 5.07. The summed E-state index contributed by atoms with van der Waals surface area (Å²) < 4.78 is 5.97. The Balaban J connectivity index is 1.28. The molecule has 210 valence electrons. The van der Waals surface area contributed by atoms with Crippen molar-refractivity contribution in [1.82, 2.24) is 20.9 Å². The smallest absolute Gasteiger partial charge is 0.331 e. The van der Waals surface area contributed by atoms with E-state index in [-0.39, 0.29) is 36.5 Å². The normalized spacial score (nSPS) is 17.8. The number of carbonyl (C=O) groups is 3. The van der Waals surface area contributed by atoms with Crippen molar-refractivity contribution in [2.24, 2.45) is 0 Å². The van der Waals surface area contributed by atoms with E-state index in [1.54, 1.807) is 24.2 Å². The van der Waals surface area contributed by atoms with Gasteiger partial charge in [0.25, 0.3) is 5.91 Å². The number of benzene rings is 2. The van der Waals surface area contributed by atoms with Crippen LogP contribution in [0.1, 0.15) is 34.5 Å². The zero-order valence-corrected chi connectivity index (χ0v) is 23.5. The van der Waals surface area contributed by atoms with Crippen molar-refractivity contribution < 1.29 is 19.1 Å². The third-order valence-corrected chi connectivity index (χ3v) is 8.45. The van der Waals surface area contributed by atoms with Gasteiger partial charge in [-0.2, -0.15) is 0 Å². The van der Waals surface area contributed by atoms with Crippen LogP contribution in [0, 0.1) is 6.92 Å². The molecule has 41 heavy (non-hydrogen) atoms. The van der Waals surface area contributed by atoms with Gasteiger partial charge in [-0.05, 0) is 75.2 Å². The first-order valence-corrected chi connectivity index (χ1v) is 14.4. The fourth-order valence-electron chi connectivity index (χ4n) is 5.51. The lowest BCUT2D eigenvalue weighted by atomic mass is 10.1. The average Bonchev–Trinajstić information content (AvgIpc) is 3.55. The highest BCUT2D eigenvalue weighted by molar-refractivity contribution is 7.21. The number of para-hydroxylation sites is 1. The van der Waals surface area contributed by atoms with Crippen LogP contribution in [0.15, 0.2) is 60.8 Å². The third kappa shape index (κ3) is 5.21. The second-order valence-electron chi connectivity index (χ2n) is 10.2. The minimum atomic E-state index is -0.365. The van der Waals surface area contributed by atoms with E-state index in [9.17, 15) is 14.4 Å². The maximum Gasteiger partial charge on any atom is 0.331 e. The SMILES string of the molecule is CNCC(=O)N[C@H]1CCC[C@@H]1NC(=O)c1sc2nccc3c2c1NC(=O)N3c1ccc(Oc2ccccc2)cc1C. The van der Waals surface area contributed by atoms with Gasteiger partial charge < -0.3 is 26.0 Å². The van der Waals surface area contributed by atoms with Gasteiger partial charge in [0.15, 0.2) is 0 Å². The highest BCUT2D eigenvalue weighted by Crippen LogP contribution is 2.46. The second kappa shape index (κ2) is 11.2. The molecule has 1 saturated carbocycles. The molecule has 0 saturated heterocycles. The number of carbonyl (C=O) groups excluding carboxylic acids is 3. The number of likely N-dealkylation sites (N-methyl/N-ethyl adjacent to an activating group) is 1. The molecule has 4 aromatic rings. The maximum atomic E-state index is 13.6. The van der Waals surface area contributed by atoms with Crippen molar-refractivity contribution in [2.45, 2.75) is 38.3 Å². The van der Waals surface area contributed by atoms with Crippen LogP contribution < -0.4 is 30.9 Å². The molecule has 1 aliphatic carbocycles. The van der Waals surface area contributed by atoms with Crippen molar-refractivity contribution in [3.8, 4) is 11.5 Å². The molecule has 1 fully saturated rings. The molecule has 6 rings (SSSR count). The predicted molar refractivity (Wildman–Crippen MR) is 159 cm³/mol. The van der Waals surface area contributed by atoms with Crippen LogP contribution in [0.3, 0.4) is 0 Å². The number of rotatable bonds is 8. The number of hydrogen-bond donors (Lipinski definition) is 4. The number of aromatic nitrogens is 1. The lowest BCUT2D eigenvalue weighted by Crippen LogP contribution is -2.50. The molecule has 3 heterocycles. The number of anilines is 3. The molecular formula is C30H30N6O4S. The minimum absolute atomic E-state index is 0.105. The molecular weight excluding hydrogens is 540 g/mol. The summed E-state index contributed by atoms with van der Waals surface area (Å²) in [5.41, 5.74) is 2.66. The van der Waals surface area contributed by atoms with Crippen LogP contribution in [0.2, 0.25) is 0 Å². The lowest BCUT2D eigenvalue weighted by molar-refractivity contribution is -0.120. The van der Waals surface area contributed by atoms with Gasteiger partial charge in [-0.1, -0.05) is 18.2 Å². The standard InChI is InChI=1S/C30H30N6O4S/c1-17-15-19(40-18-7-4-3-5-8-18)11-12-22(17)36-23-13-14-32-29-25(23)26(35-30(36)39)27(41-29)28(38)34-21-10-6-9-20(21)33-24(37)16-31-2/h3-5,7-8,11-15,20-21,31H,6,9-10,16H2,1-2H3,(H,33,37)(H,34,38)(H,35,39)/t20-,21-/m0/s1. The molecule has 2 aromatic heterocycles. The van der Waals surface area contributed by atoms with Gasteiger partial charge in [-0.3, -0.25) is 14.5 Å². The van der Waals surface area contributed by atoms with Gasteiger partial charge in [0.05, 0.1) is 29.0 Å². The summed E-state index contributed by atoms with van der Waals surface area (Å²) >= 11 is 1.24. The zero-order valence-electron chi connectivity index (χ0n) is 22.7. The van der Waals surface area contributed by atoms with Crippen LogP contribution in [0.25, 0.3) is 10.2 Å². The van der Waals surface area contributed by atoms with Gasteiger partial charge in [-0.25, -0.2) is 9.78 Å². The fraction of sp³-hybridized carbons (Fsp3) is 0.267. The van der Waals surface area contributed by atoms with Crippen molar-refractivity contribution in [3.05, 3.63) is 71.2 Å². The number of nitrogens with zero attached hydrogens (tertiary/aromatic N) is 2. The summed E-state index contributed by atoms with van der Waals surface area (Å²) in [5.74, 6) is 0.995. The maximum absolute atomic E-state index is 13.6. The molecule has 0 spiro atoms. The van der Waals surface area contributed by atoms with E-state index < -0.39 is 0 Å². The highest BCUT2D eigenvalue weighted by atomic mass is 32.1. The largest absolute Gasteiger partial charge is 0.457 e. The molecule has 4 amide bonds. The molecule has 1 aliphatic heterocycles. The van der Waals surface area contributed by atoms with E-state index in [2.05, 4.69) is 26.3 Å². The van der Waals surface area contributed by atoms with E-state index in [0.29, 0.717) is 32.5 Å². The van der Waals surface area contributed by atoms with E-state index in [1.165, 1.54) is 11.3 Å². The topological polar surface area (TPSA) is 125 Å². The van der Waals surface area contributed by atoms with Gasteiger partial charge in [0.2, 0.25) is 5.91 Å². The van der Waals surface area contributed by atoms with E-state index in [4.69, 9.17) is 4.74 Å². The number of hydrogen-bond acceptors (Lipinski definition) is 7. The Hall–Kier alpha value is -4.48. The number of ether oxygens (including phenoxy) is 1. The summed E-state index contributed by atoms with van der Waals surface area (Å²) in [5, 5.41) is 12.6.